The minimum Gasteiger partial charge on any atom is -0.363 e. The van der Waals surface area contributed by atoms with Crippen LogP contribution in [0.3, 0.4) is 0 Å². The third-order valence-electron chi connectivity index (χ3n) is 4.56. The number of halogens is 2. The molecule has 2 aromatic heterocycles. The van der Waals surface area contributed by atoms with Crippen molar-refractivity contribution in [1.82, 2.24) is 15.0 Å². The zero-order valence-electron chi connectivity index (χ0n) is 15.7. The van der Waals surface area contributed by atoms with E-state index < -0.39 is 0 Å². The molecular formula is C23H18Cl2N4. The molecule has 0 atom stereocenters. The van der Waals surface area contributed by atoms with Crippen molar-refractivity contribution in [1.29, 1.82) is 0 Å². The number of nitrogens with one attached hydrogen (secondary N) is 1. The number of hydrogen-bond acceptors (Lipinski definition) is 4. The van der Waals surface area contributed by atoms with Gasteiger partial charge in [0.1, 0.15) is 5.82 Å². The number of aryl methyl sites for hydroxylation is 1. The van der Waals surface area contributed by atoms with Gasteiger partial charge in [-0.2, -0.15) is 0 Å². The quantitative estimate of drug-likeness (QED) is 0.403. The molecule has 0 aliphatic rings. The zero-order chi connectivity index (χ0) is 20.2. The molecule has 0 unspecified atom stereocenters. The van der Waals surface area contributed by atoms with Gasteiger partial charge in [0, 0.05) is 27.4 Å². The third kappa shape index (κ3) is 4.56. The van der Waals surface area contributed by atoms with Crippen LogP contribution in [0.5, 0.6) is 0 Å². The van der Waals surface area contributed by atoms with Crippen LogP contribution in [-0.2, 0) is 6.54 Å². The Kier molecular flexibility index (Phi) is 5.74. The molecule has 4 aromatic rings. The van der Waals surface area contributed by atoms with Crippen LogP contribution in [0.2, 0.25) is 10.0 Å². The summed E-state index contributed by atoms with van der Waals surface area (Å²) >= 11 is 12.1. The van der Waals surface area contributed by atoms with Crippen LogP contribution in [0.15, 0.2) is 73.1 Å². The maximum absolute atomic E-state index is 6.07. The van der Waals surface area contributed by atoms with Crippen LogP contribution in [0.1, 0.15) is 11.3 Å². The molecule has 29 heavy (non-hydrogen) atoms. The molecule has 0 amide bonds. The molecule has 0 saturated heterocycles. The minimum atomic E-state index is 0.571. The summed E-state index contributed by atoms with van der Waals surface area (Å²) < 4.78 is 0. The number of anilines is 1. The average molecular weight is 421 g/mol. The Morgan fingerprint density at radius 1 is 0.793 bits per heavy atom. The van der Waals surface area contributed by atoms with Crippen molar-refractivity contribution in [3.8, 4) is 22.5 Å². The second kappa shape index (κ2) is 8.60. The lowest BCUT2D eigenvalue weighted by molar-refractivity contribution is 1.00. The zero-order valence-corrected chi connectivity index (χ0v) is 17.2. The van der Waals surface area contributed by atoms with Crippen molar-refractivity contribution in [3.05, 3.63) is 94.4 Å². The first-order valence-corrected chi connectivity index (χ1v) is 9.89. The molecule has 4 nitrogen and oxygen atoms in total. The van der Waals surface area contributed by atoms with Crippen LogP contribution in [0.4, 0.5) is 5.82 Å². The van der Waals surface area contributed by atoms with E-state index in [1.165, 1.54) is 0 Å². The Bertz CT molecular complexity index is 1130. The molecule has 2 aromatic carbocycles. The standard InChI is InChI=1S/C23H18Cl2N4/c1-15-3-2-12-26-20(15)13-27-21-14-28-22(16-4-8-18(24)9-5-16)23(29-21)17-6-10-19(25)11-7-17/h2-12,14H,13H2,1H3,(H,27,29). The summed E-state index contributed by atoms with van der Waals surface area (Å²) in [5.41, 5.74) is 5.53. The molecule has 0 radical (unpaired) electrons. The topological polar surface area (TPSA) is 50.7 Å². The van der Waals surface area contributed by atoms with E-state index in [1.807, 2.05) is 67.6 Å². The van der Waals surface area contributed by atoms with Crippen LogP contribution >= 0.6 is 23.2 Å². The highest BCUT2D eigenvalue weighted by Crippen LogP contribution is 2.31. The summed E-state index contributed by atoms with van der Waals surface area (Å²) in [6, 6.07) is 19.1. The van der Waals surface area contributed by atoms with Crippen molar-refractivity contribution in [2.75, 3.05) is 5.32 Å². The van der Waals surface area contributed by atoms with Gasteiger partial charge >= 0.3 is 0 Å². The fourth-order valence-corrected chi connectivity index (χ4v) is 3.23. The van der Waals surface area contributed by atoms with E-state index in [0.29, 0.717) is 22.4 Å². The first-order chi connectivity index (χ1) is 14.1. The van der Waals surface area contributed by atoms with Gasteiger partial charge in [0.25, 0.3) is 0 Å². The van der Waals surface area contributed by atoms with Gasteiger partial charge in [-0.3, -0.25) is 9.97 Å². The van der Waals surface area contributed by atoms with Gasteiger partial charge in [-0.15, -0.1) is 0 Å². The van der Waals surface area contributed by atoms with E-state index in [2.05, 4.69) is 10.3 Å². The van der Waals surface area contributed by atoms with Gasteiger partial charge in [0.05, 0.1) is 29.8 Å². The Morgan fingerprint density at radius 3 is 2.03 bits per heavy atom. The summed E-state index contributed by atoms with van der Waals surface area (Å²) in [6.45, 7) is 2.61. The fraction of sp³-hybridized carbons (Fsp3) is 0.0870. The van der Waals surface area contributed by atoms with E-state index in [0.717, 1.165) is 33.8 Å². The first kappa shape index (κ1) is 19.4. The molecule has 0 saturated carbocycles. The molecule has 0 spiro atoms. The number of benzene rings is 2. The monoisotopic (exact) mass is 420 g/mol. The van der Waals surface area contributed by atoms with Crippen LogP contribution in [0.25, 0.3) is 22.5 Å². The SMILES string of the molecule is Cc1cccnc1CNc1cnc(-c2ccc(Cl)cc2)c(-c2ccc(Cl)cc2)n1. The number of pyridine rings is 1. The highest BCUT2D eigenvalue weighted by atomic mass is 35.5. The maximum atomic E-state index is 6.07. The summed E-state index contributed by atoms with van der Waals surface area (Å²) in [4.78, 5) is 13.9. The van der Waals surface area contributed by atoms with E-state index >= 15 is 0 Å². The second-order valence-electron chi connectivity index (χ2n) is 6.59. The number of rotatable bonds is 5. The maximum Gasteiger partial charge on any atom is 0.145 e. The molecular weight excluding hydrogens is 403 g/mol. The minimum absolute atomic E-state index is 0.571. The molecule has 0 bridgehead atoms. The summed E-state index contributed by atoms with van der Waals surface area (Å²) in [5, 5.41) is 4.68. The van der Waals surface area contributed by atoms with Gasteiger partial charge in [0.15, 0.2) is 0 Å². The largest absolute Gasteiger partial charge is 0.363 e. The van der Waals surface area contributed by atoms with Gasteiger partial charge in [0.2, 0.25) is 0 Å². The van der Waals surface area contributed by atoms with E-state index in [9.17, 15) is 0 Å². The summed E-state index contributed by atoms with van der Waals surface area (Å²) in [5.74, 6) is 0.678. The predicted octanol–water partition coefficient (Wildman–Crippen LogP) is 6.43. The molecule has 0 aliphatic heterocycles. The normalized spacial score (nSPS) is 10.7. The van der Waals surface area contributed by atoms with Gasteiger partial charge < -0.3 is 5.32 Å². The van der Waals surface area contributed by atoms with Crippen LogP contribution in [-0.4, -0.2) is 15.0 Å². The second-order valence-corrected chi connectivity index (χ2v) is 7.46. The number of nitrogens with zero attached hydrogens (tertiary/aromatic N) is 3. The Labute approximate surface area is 179 Å². The molecule has 0 fully saturated rings. The lowest BCUT2D eigenvalue weighted by Gasteiger charge is -2.12. The first-order valence-electron chi connectivity index (χ1n) is 9.13. The lowest BCUT2D eigenvalue weighted by atomic mass is 10.0. The van der Waals surface area contributed by atoms with Gasteiger partial charge in [-0.25, -0.2) is 4.98 Å². The van der Waals surface area contributed by atoms with Gasteiger partial charge in [-0.1, -0.05) is 53.5 Å². The van der Waals surface area contributed by atoms with E-state index in [1.54, 1.807) is 12.4 Å². The van der Waals surface area contributed by atoms with Crippen molar-refractivity contribution in [2.24, 2.45) is 0 Å². The molecule has 1 N–H and O–H groups in total. The lowest BCUT2D eigenvalue weighted by Crippen LogP contribution is -2.06. The summed E-state index contributed by atoms with van der Waals surface area (Å²) in [6.07, 6.45) is 3.53. The van der Waals surface area contributed by atoms with Crippen molar-refractivity contribution >= 4 is 29.0 Å². The van der Waals surface area contributed by atoms with Crippen molar-refractivity contribution in [2.45, 2.75) is 13.5 Å². The average Bonchev–Trinajstić information content (AvgIpc) is 2.74. The molecule has 144 valence electrons. The van der Waals surface area contributed by atoms with Crippen LogP contribution < -0.4 is 5.32 Å². The van der Waals surface area contributed by atoms with Crippen molar-refractivity contribution < 1.29 is 0 Å². The molecule has 0 aliphatic carbocycles. The molecule has 4 rings (SSSR count). The highest BCUT2D eigenvalue weighted by molar-refractivity contribution is 6.31. The number of aromatic nitrogens is 3. The Morgan fingerprint density at radius 2 is 1.41 bits per heavy atom. The highest BCUT2D eigenvalue weighted by Gasteiger charge is 2.13. The molecule has 6 heteroatoms. The van der Waals surface area contributed by atoms with Crippen molar-refractivity contribution in [3.63, 3.8) is 0 Å². The molecule has 2 heterocycles. The Balaban J connectivity index is 1.71. The van der Waals surface area contributed by atoms with E-state index in [4.69, 9.17) is 33.2 Å². The fourth-order valence-electron chi connectivity index (χ4n) is 2.98. The third-order valence-corrected chi connectivity index (χ3v) is 5.07. The van der Waals surface area contributed by atoms with Gasteiger partial charge in [-0.05, 0) is 42.8 Å². The predicted molar refractivity (Wildman–Crippen MR) is 119 cm³/mol. The van der Waals surface area contributed by atoms with E-state index in [-0.39, 0.29) is 0 Å². The summed E-state index contributed by atoms with van der Waals surface area (Å²) in [7, 11) is 0. The van der Waals surface area contributed by atoms with Crippen LogP contribution in [0, 0.1) is 6.92 Å². The number of hydrogen-bond donors (Lipinski definition) is 1. The Hall–Kier alpha value is -2.95. The smallest absolute Gasteiger partial charge is 0.145 e.